The smallest absolute Gasteiger partial charge is 0.0468 e. The Kier molecular flexibility index (Phi) is 5.32. The van der Waals surface area contributed by atoms with Crippen molar-refractivity contribution in [2.75, 3.05) is 45.9 Å². The minimum absolute atomic E-state index is 0.869. The number of nitrogens with one attached hydrogen (secondary N) is 1. The monoisotopic (exact) mass is 224 g/mol. The molecule has 0 radical (unpaired) electrons. The SMILES string of the molecule is C(=C/CN1CCNCC1)/CC1CCOCC1. The lowest BCUT2D eigenvalue weighted by Crippen LogP contribution is -2.43. The molecule has 2 heterocycles. The Morgan fingerprint density at radius 1 is 1.12 bits per heavy atom. The third-order valence-corrected chi connectivity index (χ3v) is 3.55. The van der Waals surface area contributed by atoms with Crippen LogP contribution in [0.1, 0.15) is 19.3 Å². The molecule has 2 rings (SSSR count). The molecule has 2 aliphatic heterocycles. The topological polar surface area (TPSA) is 24.5 Å². The van der Waals surface area contributed by atoms with Crippen molar-refractivity contribution in [3.8, 4) is 0 Å². The van der Waals surface area contributed by atoms with Gasteiger partial charge in [-0.15, -0.1) is 0 Å². The molecule has 0 spiro atoms. The normalized spacial score (nSPS) is 25.2. The fourth-order valence-corrected chi connectivity index (χ4v) is 2.39. The van der Waals surface area contributed by atoms with E-state index in [1.807, 2.05) is 0 Å². The highest BCUT2D eigenvalue weighted by molar-refractivity contribution is 4.88. The average Bonchev–Trinajstić information content (AvgIpc) is 2.37. The average molecular weight is 224 g/mol. The van der Waals surface area contributed by atoms with Crippen molar-refractivity contribution in [3.05, 3.63) is 12.2 Å². The summed E-state index contributed by atoms with van der Waals surface area (Å²) in [4.78, 5) is 2.51. The van der Waals surface area contributed by atoms with E-state index in [2.05, 4.69) is 22.4 Å². The van der Waals surface area contributed by atoms with Gasteiger partial charge in [0.1, 0.15) is 0 Å². The Balaban J connectivity index is 1.57. The van der Waals surface area contributed by atoms with Gasteiger partial charge in [-0.25, -0.2) is 0 Å². The molecule has 0 atom stereocenters. The number of nitrogens with zero attached hydrogens (tertiary/aromatic N) is 1. The molecule has 16 heavy (non-hydrogen) atoms. The number of rotatable bonds is 4. The molecule has 3 heteroatoms. The van der Waals surface area contributed by atoms with Crippen molar-refractivity contribution >= 4 is 0 Å². The molecule has 2 aliphatic rings. The van der Waals surface area contributed by atoms with E-state index in [-0.39, 0.29) is 0 Å². The summed E-state index contributed by atoms with van der Waals surface area (Å²) in [6.07, 6.45) is 8.46. The minimum Gasteiger partial charge on any atom is -0.381 e. The maximum Gasteiger partial charge on any atom is 0.0468 e. The van der Waals surface area contributed by atoms with E-state index in [1.165, 1.54) is 32.4 Å². The summed E-state index contributed by atoms with van der Waals surface area (Å²) in [5.41, 5.74) is 0. The van der Waals surface area contributed by atoms with Gasteiger partial charge in [0.15, 0.2) is 0 Å². The maximum absolute atomic E-state index is 5.36. The highest BCUT2D eigenvalue weighted by Crippen LogP contribution is 2.18. The highest BCUT2D eigenvalue weighted by Gasteiger charge is 2.11. The quantitative estimate of drug-likeness (QED) is 0.728. The predicted octanol–water partition coefficient (Wildman–Crippen LogP) is 1.26. The minimum atomic E-state index is 0.869. The first-order chi connectivity index (χ1) is 7.95. The van der Waals surface area contributed by atoms with Gasteiger partial charge in [-0.1, -0.05) is 12.2 Å². The summed E-state index contributed by atoms with van der Waals surface area (Å²) >= 11 is 0. The summed E-state index contributed by atoms with van der Waals surface area (Å²) < 4.78 is 5.36. The molecule has 92 valence electrons. The summed E-state index contributed by atoms with van der Waals surface area (Å²) in [5.74, 6) is 0.869. The number of hydrogen-bond donors (Lipinski definition) is 1. The second-order valence-corrected chi connectivity index (χ2v) is 4.81. The molecule has 0 saturated carbocycles. The third-order valence-electron chi connectivity index (χ3n) is 3.55. The maximum atomic E-state index is 5.36. The highest BCUT2D eigenvalue weighted by atomic mass is 16.5. The molecule has 2 fully saturated rings. The Hall–Kier alpha value is -0.380. The number of piperazine rings is 1. The first-order valence-corrected chi connectivity index (χ1v) is 6.61. The molecule has 0 bridgehead atoms. The van der Waals surface area contributed by atoms with Gasteiger partial charge >= 0.3 is 0 Å². The van der Waals surface area contributed by atoms with Crippen LogP contribution in [0.3, 0.4) is 0 Å². The van der Waals surface area contributed by atoms with Gasteiger partial charge in [0, 0.05) is 45.9 Å². The first-order valence-electron chi connectivity index (χ1n) is 6.61. The fourth-order valence-electron chi connectivity index (χ4n) is 2.39. The standard InChI is InChI=1S/C13H24N2O/c1(3-13-4-11-16-12-5-13)2-8-15-9-6-14-7-10-15/h1-2,13-14H,3-12H2/b2-1-. The molecule has 0 amide bonds. The van der Waals surface area contributed by atoms with E-state index in [0.717, 1.165) is 38.8 Å². The van der Waals surface area contributed by atoms with Crippen LogP contribution >= 0.6 is 0 Å². The first kappa shape index (κ1) is 12.1. The van der Waals surface area contributed by atoms with Crippen LogP contribution in [-0.2, 0) is 4.74 Å². The van der Waals surface area contributed by atoms with Crippen molar-refractivity contribution in [2.45, 2.75) is 19.3 Å². The van der Waals surface area contributed by atoms with Crippen LogP contribution in [0.15, 0.2) is 12.2 Å². The van der Waals surface area contributed by atoms with Gasteiger partial charge in [0.2, 0.25) is 0 Å². The van der Waals surface area contributed by atoms with E-state index < -0.39 is 0 Å². The summed E-state index contributed by atoms with van der Waals surface area (Å²) in [6, 6.07) is 0. The Morgan fingerprint density at radius 2 is 1.88 bits per heavy atom. The molecule has 3 nitrogen and oxygen atoms in total. The van der Waals surface area contributed by atoms with Crippen molar-refractivity contribution < 1.29 is 4.74 Å². The molecule has 0 aromatic heterocycles. The molecule has 0 aromatic carbocycles. The van der Waals surface area contributed by atoms with Crippen LogP contribution in [0.2, 0.25) is 0 Å². The van der Waals surface area contributed by atoms with Gasteiger partial charge in [0.05, 0.1) is 0 Å². The van der Waals surface area contributed by atoms with Crippen LogP contribution in [0.4, 0.5) is 0 Å². The number of ether oxygens (including phenoxy) is 1. The van der Waals surface area contributed by atoms with Crippen molar-refractivity contribution in [2.24, 2.45) is 5.92 Å². The second kappa shape index (κ2) is 7.05. The van der Waals surface area contributed by atoms with Crippen molar-refractivity contribution in [3.63, 3.8) is 0 Å². The van der Waals surface area contributed by atoms with Crippen LogP contribution in [0.5, 0.6) is 0 Å². The van der Waals surface area contributed by atoms with E-state index in [4.69, 9.17) is 4.74 Å². The molecule has 2 saturated heterocycles. The van der Waals surface area contributed by atoms with E-state index in [9.17, 15) is 0 Å². The Bertz CT molecular complexity index is 184. The lowest BCUT2D eigenvalue weighted by molar-refractivity contribution is 0.0672. The van der Waals surface area contributed by atoms with Crippen LogP contribution < -0.4 is 5.32 Å². The fraction of sp³-hybridized carbons (Fsp3) is 0.846. The van der Waals surface area contributed by atoms with Gasteiger partial charge in [-0.05, 0) is 25.2 Å². The predicted molar refractivity (Wildman–Crippen MR) is 66.6 cm³/mol. The summed E-state index contributed by atoms with van der Waals surface area (Å²) in [7, 11) is 0. The third kappa shape index (κ3) is 4.24. The zero-order valence-corrected chi connectivity index (χ0v) is 10.2. The molecule has 0 unspecified atom stereocenters. The number of hydrogen-bond acceptors (Lipinski definition) is 3. The molecular formula is C13H24N2O. The molecule has 0 aromatic rings. The zero-order chi connectivity index (χ0) is 11.1. The lowest BCUT2D eigenvalue weighted by atomic mass is 9.96. The summed E-state index contributed by atoms with van der Waals surface area (Å²) in [6.45, 7) is 7.75. The summed E-state index contributed by atoms with van der Waals surface area (Å²) in [5, 5.41) is 3.38. The number of allylic oxidation sites excluding steroid dienone is 1. The van der Waals surface area contributed by atoms with Crippen LogP contribution in [0.25, 0.3) is 0 Å². The molecule has 0 aliphatic carbocycles. The lowest BCUT2D eigenvalue weighted by Gasteiger charge is -2.26. The molecular weight excluding hydrogens is 200 g/mol. The second-order valence-electron chi connectivity index (χ2n) is 4.81. The van der Waals surface area contributed by atoms with Crippen LogP contribution in [0, 0.1) is 5.92 Å². The van der Waals surface area contributed by atoms with Gasteiger partial charge in [0.25, 0.3) is 0 Å². The Labute approximate surface area is 98.8 Å². The largest absolute Gasteiger partial charge is 0.381 e. The van der Waals surface area contributed by atoms with E-state index in [1.54, 1.807) is 0 Å². The van der Waals surface area contributed by atoms with Gasteiger partial charge in [-0.3, -0.25) is 4.90 Å². The zero-order valence-electron chi connectivity index (χ0n) is 10.2. The molecule has 1 N–H and O–H groups in total. The van der Waals surface area contributed by atoms with Gasteiger partial charge < -0.3 is 10.1 Å². The van der Waals surface area contributed by atoms with Crippen molar-refractivity contribution in [1.29, 1.82) is 0 Å². The van der Waals surface area contributed by atoms with Crippen LogP contribution in [-0.4, -0.2) is 50.8 Å². The van der Waals surface area contributed by atoms with E-state index >= 15 is 0 Å². The van der Waals surface area contributed by atoms with E-state index in [0.29, 0.717) is 0 Å². The Morgan fingerprint density at radius 3 is 2.62 bits per heavy atom. The van der Waals surface area contributed by atoms with Gasteiger partial charge in [-0.2, -0.15) is 0 Å². The van der Waals surface area contributed by atoms with Crippen molar-refractivity contribution in [1.82, 2.24) is 10.2 Å².